The van der Waals surface area contributed by atoms with Crippen LogP contribution in [-0.4, -0.2) is 78.9 Å². The van der Waals surface area contributed by atoms with Crippen molar-refractivity contribution in [2.75, 3.05) is 46.8 Å². The molecule has 0 aromatic heterocycles. The van der Waals surface area contributed by atoms with Crippen LogP contribution in [0.3, 0.4) is 0 Å². The summed E-state index contributed by atoms with van der Waals surface area (Å²) in [5.41, 5.74) is -0.970. The van der Waals surface area contributed by atoms with Gasteiger partial charge < -0.3 is 14.5 Å². The van der Waals surface area contributed by atoms with E-state index in [0.717, 1.165) is 13.0 Å². The van der Waals surface area contributed by atoms with Crippen molar-refractivity contribution in [2.24, 2.45) is 0 Å². The molecule has 0 bridgehead atoms. The van der Waals surface area contributed by atoms with Gasteiger partial charge in [0.1, 0.15) is 5.75 Å². The van der Waals surface area contributed by atoms with E-state index >= 15 is 0 Å². The molecule has 2 amide bonds. The van der Waals surface area contributed by atoms with Gasteiger partial charge in [0.05, 0.1) is 6.54 Å². The highest BCUT2D eigenvalue weighted by Crippen LogP contribution is 2.23. The third kappa shape index (κ3) is 5.61. The van der Waals surface area contributed by atoms with E-state index < -0.39 is 5.60 Å². The van der Waals surface area contributed by atoms with Crippen molar-refractivity contribution in [3.05, 3.63) is 29.3 Å². The highest BCUT2D eigenvalue weighted by molar-refractivity contribution is 6.30. The molecule has 1 heterocycles. The van der Waals surface area contributed by atoms with Crippen LogP contribution >= 0.6 is 11.6 Å². The summed E-state index contributed by atoms with van der Waals surface area (Å²) in [5, 5.41) is 0.626. The van der Waals surface area contributed by atoms with Gasteiger partial charge in [-0.25, -0.2) is 0 Å². The van der Waals surface area contributed by atoms with Crippen LogP contribution in [0.4, 0.5) is 0 Å². The quantitative estimate of drug-likeness (QED) is 0.784. The van der Waals surface area contributed by atoms with Gasteiger partial charge in [0.15, 0.2) is 5.60 Å². The lowest BCUT2D eigenvalue weighted by Gasteiger charge is -2.32. The predicted molar refractivity (Wildman–Crippen MR) is 102 cm³/mol. The van der Waals surface area contributed by atoms with Crippen molar-refractivity contribution < 1.29 is 14.3 Å². The number of carbonyl (C=O) groups is 2. The standard InChI is InChI=1S/C19H28ClN3O3/c1-19(2,26-16-8-6-15(20)7-9-16)18(25)23-11-5-10-22(12-13-23)14-17(24)21(3)4/h6-9H,5,10-14H2,1-4H3. The molecular weight excluding hydrogens is 354 g/mol. The fourth-order valence-corrected chi connectivity index (χ4v) is 3.01. The topological polar surface area (TPSA) is 53.1 Å². The molecule has 1 aliphatic rings. The Morgan fingerprint density at radius 1 is 1.12 bits per heavy atom. The van der Waals surface area contributed by atoms with Crippen LogP contribution < -0.4 is 4.74 Å². The summed E-state index contributed by atoms with van der Waals surface area (Å²) in [5.74, 6) is 0.644. The number of carbonyl (C=O) groups excluding carboxylic acids is 2. The monoisotopic (exact) mass is 381 g/mol. The molecule has 0 radical (unpaired) electrons. The molecule has 1 fully saturated rings. The van der Waals surface area contributed by atoms with Gasteiger partial charge in [0.25, 0.3) is 5.91 Å². The number of rotatable bonds is 5. The zero-order valence-electron chi connectivity index (χ0n) is 16.0. The van der Waals surface area contributed by atoms with Crippen molar-refractivity contribution in [1.82, 2.24) is 14.7 Å². The summed E-state index contributed by atoms with van der Waals surface area (Å²) in [7, 11) is 3.51. The first-order valence-corrected chi connectivity index (χ1v) is 9.23. The third-order valence-corrected chi connectivity index (χ3v) is 4.69. The number of amides is 2. The van der Waals surface area contributed by atoms with Crippen molar-refractivity contribution in [2.45, 2.75) is 25.9 Å². The van der Waals surface area contributed by atoms with Crippen molar-refractivity contribution >= 4 is 23.4 Å². The Balaban J connectivity index is 1.95. The Labute approximate surface area is 160 Å². The van der Waals surface area contributed by atoms with Crippen LogP contribution in [0, 0.1) is 0 Å². The van der Waals surface area contributed by atoms with E-state index in [1.807, 2.05) is 4.90 Å². The SMILES string of the molecule is CN(C)C(=O)CN1CCCN(C(=O)C(C)(C)Oc2ccc(Cl)cc2)CC1. The van der Waals surface area contributed by atoms with Gasteiger partial charge in [-0.05, 0) is 44.5 Å². The maximum absolute atomic E-state index is 13.0. The number of nitrogens with zero attached hydrogens (tertiary/aromatic N) is 3. The molecule has 2 rings (SSSR count). The maximum atomic E-state index is 13.0. The Bertz CT molecular complexity index is 631. The van der Waals surface area contributed by atoms with E-state index in [1.54, 1.807) is 57.1 Å². The Morgan fingerprint density at radius 3 is 2.38 bits per heavy atom. The summed E-state index contributed by atoms with van der Waals surface area (Å²) < 4.78 is 5.91. The second-order valence-corrected chi connectivity index (χ2v) is 7.71. The minimum Gasteiger partial charge on any atom is -0.478 e. The third-order valence-electron chi connectivity index (χ3n) is 4.44. The molecule has 1 saturated heterocycles. The van der Waals surface area contributed by atoms with E-state index in [-0.39, 0.29) is 11.8 Å². The molecule has 1 aliphatic heterocycles. The molecular formula is C19H28ClN3O3. The molecule has 0 aliphatic carbocycles. The number of benzene rings is 1. The van der Waals surface area contributed by atoms with Crippen LogP contribution in [0.25, 0.3) is 0 Å². The maximum Gasteiger partial charge on any atom is 0.266 e. The highest BCUT2D eigenvalue weighted by Gasteiger charge is 2.35. The van der Waals surface area contributed by atoms with Crippen LogP contribution in [0.2, 0.25) is 5.02 Å². The predicted octanol–water partition coefficient (Wildman–Crippen LogP) is 2.12. The second-order valence-electron chi connectivity index (χ2n) is 7.28. The molecule has 0 unspecified atom stereocenters. The fourth-order valence-electron chi connectivity index (χ4n) is 2.89. The summed E-state index contributed by atoms with van der Waals surface area (Å²) in [6.45, 7) is 6.69. The summed E-state index contributed by atoms with van der Waals surface area (Å²) >= 11 is 5.89. The van der Waals surface area contributed by atoms with Crippen LogP contribution in [-0.2, 0) is 9.59 Å². The number of hydrogen-bond acceptors (Lipinski definition) is 4. The normalized spacial score (nSPS) is 16.1. The minimum atomic E-state index is -0.970. The minimum absolute atomic E-state index is 0.0479. The molecule has 1 aromatic carbocycles. The average Bonchev–Trinajstić information content (AvgIpc) is 2.81. The van der Waals surface area contributed by atoms with Gasteiger partial charge in [-0.3, -0.25) is 14.5 Å². The van der Waals surface area contributed by atoms with Gasteiger partial charge in [-0.15, -0.1) is 0 Å². The second kappa shape index (κ2) is 8.73. The van der Waals surface area contributed by atoms with Crippen molar-refractivity contribution in [1.29, 1.82) is 0 Å². The zero-order chi connectivity index (χ0) is 19.3. The van der Waals surface area contributed by atoms with E-state index in [0.29, 0.717) is 37.0 Å². The van der Waals surface area contributed by atoms with Gasteiger partial charge in [-0.2, -0.15) is 0 Å². The van der Waals surface area contributed by atoms with Gasteiger partial charge in [0, 0.05) is 45.3 Å². The van der Waals surface area contributed by atoms with E-state index in [2.05, 4.69) is 4.90 Å². The van der Waals surface area contributed by atoms with Crippen molar-refractivity contribution in [3.8, 4) is 5.75 Å². The molecule has 1 aromatic rings. The molecule has 0 N–H and O–H groups in total. The first-order valence-electron chi connectivity index (χ1n) is 8.85. The number of hydrogen-bond donors (Lipinski definition) is 0. The van der Waals surface area contributed by atoms with Gasteiger partial charge >= 0.3 is 0 Å². The summed E-state index contributed by atoms with van der Waals surface area (Å²) in [6.07, 6.45) is 0.837. The van der Waals surface area contributed by atoms with Crippen LogP contribution in [0.5, 0.6) is 5.75 Å². The lowest BCUT2D eigenvalue weighted by atomic mass is 10.1. The van der Waals surface area contributed by atoms with Crippen LogP contribution in [0.1, 0.15) is 20.3 Å². The Morgan fingerprint density at radius 2 is 1.77 bits per heavy atom. The largest absolute Gasteiger partial charge is 0.478 e. The lowest BCUT2D eigenvalue weighted by molar-refractivity contribution is -0.145. The molecule has 0 atom stereocenters. The first-order chi connectivity index (χ1) is 12.2. The molecule has 0 saturated carbocycles. The molecule has 6 nitrogen and oxygen atoms in total. The lowest BCUT2D eigenvalue weighted by Crippen LogP contribution is -2.50. The van der Waals surface area contributed by atoms with E-state index in [4.69, 9.17) is 16.3 Å². The molecule has 7 heteroatoms. The Kier molecular flexibility index (Phi) is 6.89. The van der Waals surface area contributed by atoms with Gasteiger partial charge in [0.2, 0.25) is 5.91 Å². The molecule has 144 valence electrons. The number of halogens is 1. The summed E-state index contributed by atoms with van der Waals surface area (Å²) in [6, 6.07) is 6.99. The van der Waals surface area contributed by atoms with E-state index in [9.17, 15) is 9.59 Å². The van der Waals surface area contributed by atoms with E-state index in [1.165, 1.54) is 0 Å². The number of likely N-dealkylation sites (N-methyl/N-ethyl adjacent to an activating group) is 1. The van der Waals surface area contributed by atoms with Crippen LogP contribution in [0.15, 0.2) is 24.3 Å². The molecule has 26 heavy (non-hydrogen) atoms. The Hall–Kier alpha value is -1.79. The first kappa shape index (κ1) is 20.5. The van der Waals surface area contributed by atoms with Crippen molar-refractivity contribution in [3.63, 3.8) is 0 Å². The highest BCUT2D eigenvalue weighted by atomic mass is 35.5. The summed E-state index contributed by atoms with van der Waals surface area (Å²) in [4.78, 5) is 30.4. The fraction of sp³-hybridized carbons (Fsp3) is 0.579. The smallest absolute Gasteiger partial charge is 0.266 e. The molecule has 0 spiro atoms. The van der Waals surface area contributed by atoms with Gasteiger partial charge in [-0.1, -0.05) is 11.6 Å². The number of ether oxygens (including phenoxy) is 1. The average molecular weight is 382 g/mol. The zero-order valence-corrected chi connectivity index (χ0v) is 16.8.